The lowest BCUT2D eigenvalue weighted by atomic mass is 10.1. The first kappa shape index (κ1) is 15.4. The first-order valence-corrected chi connectivity index (χ1v) is 8.51. The summed E-state index contributed by atoms with van der Waals surface area (Å²) in [6, 6.07) is 5.66. The third kappa shape index (κ3) is 3.65. The maximum atomic E-state index is 13.2. The molecule has 1 aromatic heterocycles. The molecule has 1 atom stereocenters. The van der Waals surface area contributed by atoms with Crippen molar-refractivity contribution in [3.05, 3.63) is 30.1 Å². The monoisotopic (exact) mass is 302 g/mol. The molecular weight excluding hydrogens is 276 g/mol. The van der Waals surface area contributed by atoms with Crippen LogP contribution in [0.25, 0.3) is 0 Å². The van der Waals surface area contributed by atoms with Crippen LogP contribution in [0.3, 0.4) is 0 Å². The highest BCUT2D eigenvalue weighted by Gasteiger charge is 2.33. The zero-order valence-corrected chi connectivity index (χ0v) is 13.2. The van der Waals surface area contributed by atoms with Gasteiger partial charge in [-0.1, -0.05) is 18.9 Å². The molecule has 2 fully saturated rings. The zero-order valence-electron chi connectivity index (χ0n) is 13.2. The Labute approximate surface area is 132 Å². The van der Waals surface area contributed by atoms with E-state index in [0.717, 1.165) is 57.8 Å². The van der Waals surface area contributed by atoms with Crippen LogP contribution >= 0.6 is 0 Å². The second kappa shape index (κ2) is 7.70. The molecule has 1 N–H and O–H groups in total. The third-order valence-electron chi connectivity index (χ3n) is 4.64. The second-order valence-electron chi connectivity index (χ2n) is 6.18. The largest absolute Gasteiger partial charge is 0.341 e. The third-order valence-corrected chi connectivity index (χ3v) is 4.64. The van der Waals surface area contributed by atoms with Crippen molar-refractivity contribution in [3.8, 4) is 0 Å². The number of nitrogens with one attached hydrogen (secondary N) is 1. The lowest BCUT2D eigenvalue weighted by Gasteiger charge is -2.36. The summed E-state index contributed by atoms with van der Waals surface area (Å²) in [7, 11) is 0. The van der Waals surface area contributed by atoms with Gasteiger partial charge in [0.05, 0.1) is 5.69 Å². The van der Waals surface area contributed by atoms with Crippen molar-refractivity contribution >= 4 is 5.91 Å². The van der Waals surface area contributed by atoms with Gasteiger partial charge in [-0.15, -0.1) is 0 Å². The van der Waals surface area contributed by atoms with E-state index in [1.807, 2.05) is 18.2 Å². The minimum absolute atomic E-state index is 0.221. The van der Waals surface area contributed by atoms with E-state index in [4.69, 9.17) is 0 Å². The number of hydrogen-bond acceptors (Lipinski definition) is 4. The molecule has 0 bridgehead atoms. The highest BCUT2D eigenvalue weighted by molar-refractivity contribution is 5.83. The van der Waals surface area contributed by atoms with Gasteiger partial charge >= 0.3 is 0 Å². The molecule has 1 amide bonds. The van der Waals surface area contributed by atoms with Gasteiger partial charge in [0.25, 0.3) is 0 Å². The maximum absolute atomic E-state index is 13.2. The van der Waals surface area contributed by atoms with Gasteiger partial charge in [-0.2, -0.15) is 0 Å². The number of likely N-dealkylation sites (tertiary alicyclic amines) is 1. The standard InChI is InChI=1S/C17H26N4O/c22-17(21-11-5-1-2-6-12-21)16(15-7-3-4-8-19-15)20-13-9-18-10-14-20/h3-4,7-8,16,18H,1-2,5-6,9-14H2. The lowest BCUT2D eigenvalue weighted by molar-refractivity contribution is -0.137. The van der Waals surface area contributed by atoms with Gasteiger partial charge in [0.15, 0.2) is 0 Å². The van der Waals surface area contributed by atoms with Crippen molar-refractivity contribution in [2.45, 2.75) is 31.7 Å². The predicted octanol–water partition coefficient (Wildman–Crippen LogP) is 1.43. The summed E-state index contributed by atoms with van der Waals surface area (Å²) in [5.74, 6) is 0.238. The van der Waals surface area contributed by atoms with Gasteiger partial charge in [0, 0.05) is 45.5 Å². The first-order chi connectivity index (χ1) is 10.9. The van der Waals surface area contributed by atoms with Crippen molar-refractivity contribution in [1.82, 2.24) is 20.1 Å². The van der Waals surface area contributed by atoms with Gasteiger partial charge in [-0.05, 0) is 25.0 Å². The molecule has 0 radical (unpaired) electrons. The van der Waals surface area contributed by atoms with Gasteiger partial charge < -0.3 is 10.2 Å². The van der Waals surface area contributed by atoms with E-state index in [-0.39, 0.29) is 11.9 Å². The van der Waals surface area contributed by atoms with Crippen LogP contribution in [0.5, 0.6) is 0 Å². The highest BCUT2D eigenvalue weighted by Crippen LogP contribution is 2.23. The molecule has 2 saturated heterocycles. The van der Waals surface area contributed by atoms with Crippen LogP contribution in [0.15, 0.2) is 24.4 Å². The van der Waals surface area contributed by atoms with Gasteiger partial charge in [-0.3, -0.25) is 14.7 Å². The molecule has 1 unspecified atom stereocenters. The normalized spacial score (nSPS) is 22.1. The molecule has 0 saturated carbocycles. The summed E-state index contributed by atoms with van der Waals surface area (Å²) in [4.78, 5) is 22.0. The Morgan fingerprint density at radius 1 is 1.05 bits per heavy atom. The van der Waals surface area contributed by atoms with E-state index in [1.54, 1.807) is 6.20 Å². The smallest absolute Gasteiger partial charge is 0.246 e. The number of amides is 1. The van der Waals surface area contributed by atoms with E-state index < -0.39 is 0 Å². The molecule has 1 aromatic rings. The quantitative estimate of drug-likeness (QED) is 0.918. The van der Waals surface area contributed by atoms with E-state index in [2.05, 4.69) is 20.1 Å². The maximum Gasteiger partial charge on any atom is 0.246 e. The average Bonchev–Trinajstić information content (AvgIpc) is 2.86. The van der Waals surface area contributed by atoms with Crippen LogP contribution < -0.4 is 5.32 Å². The SMILES string of the molecule is O=C(C(c1ccccn1)N1CCNCC1)N1CCCCCC1. The summed E-state index contributed by atoms with van der Waals surface area (Å²) in [6.45, 7) is 5.48. The molecule has 0 aliphatic carbocycles. The molecular formula is C17H26N4O. The number of carbonyl (C=O) groups excluding carboxylic acids is 1. The molecule has 2 aliphatic heterocycles. The summed E-state index contributed by atoms with van der Waals surface area (Å²) in [5.41, 5.74) is 0.888. The number of pyridine rings is 1. The van der Waals surface area contributed by atoms with Crippen LogP contribution in [0.4, 0.5) is 0 Å². The van der Waals surface area contributed by atoms with Crippen molar-refractivity contribution < 1.29 is 4.79 Å². The van der Waals surface area contributed by atoms with Crippen LogP contribution in [-0.4, -0.2) is 60.0 Å². The second-order valence-corrected chi connectivity index (χ2v) is 6.18. The molecule has 0 aromatic carbocycles. The Kier molecular flexibility index (Phi) is 5.40. The summed E-state index contributed by atoms with van der Waals surface area (Å²) < 4.78 is 0. The molecule has 120 valence electrons. The van der Waals surface area contributed by atoms with E-state index >= 15 is 0 Å². The Hall–Kier alpha value is -1.46. The highest BCUT2D eigenvalue weighted by atomic mass is 16.2. The minimum Gasteiger partial charge on any atom is -0.341 e. The van der Waals surface area contributed by atoms with Crippen LogP contribution in [0.2, 0.25) is 0 Å². The summed E-state index contributed by atoms with van der Waals surface area (Å²) in [5, 5.41) is 3.36. The fourth-order valence-electron chi connectivity index (χ4n) is 3.41. The van der Waals surface area contributed by atoms with E-state index in [1.165, 1.54) is 12.8 Å². The summed E-state index contributed by atoms with van der Waals surface area (Å²) >= 11 is 0. The van der Waals surface area contributed by atoms with Crippen LogP contribution in [0.1, 0.15) is 37.4 Å². The lowest BCUT2D eigenvalue weighted by Crippen LogP contribution is -2.50. The van der Waals surface area contributed by atoms with E-state index in [9.17, 15) is 4.79 Å². The number of nitrogens with zero attached hydrogens (tertiary/aromatic N) is 3. The predicted molar refractivity (Wildman–Crippen MR) is 86.5 cm³/mol. The summed E-state index contributed by atoms with van der Waals surface area (Å²) in [6.07, 6.45) is 6.53. The van der Waals surface area contributed by atoms with Crippen molar-refractivity contribution in [2.75, 3.05) is 39.3 Å². The number of piperazine rings is 1. The zero-order chi connectivity index (χ0) is 15.2. The van der Waals surface area contributed by atoms with Crippen molar-refractivity contribution in [2.24, 2.45) is 0 Å². The molecule has 22 heavy (non-hydrogen) atoms. The Bertz CT molecular complexity index is 465. The Morgan fingerprint density at radius 2 is 1.77 bits per heavy atom. The molecule has 3 rings (SSSR count). The fourth-order valence-corrected chi connectivity index (χ4v) is 3.41. The van der Waals surface area contributed by atoms with Crippen LogP contribution in [0, 0.1) is 0 Å². The van der Waals surface area contributed by atoms with Gasteiger partial charge in [0.1, 0.15) is 6.04 Å². The number of carbonyl (C=O) groups is 1. The Balaban J connectivity index is 1.81. The average molecular weight is 302 g/mol. The molecule has 2 aliphatic rings. The number of hydrogen-bond donors (Lipinski definition) is 1. The topological polar surface area (TPSA) is 48.5 Å². The molecule has 0 spiro atoms. The van der Waals surface area contributed by atoms with Gasteiger partial charge in [-0.25, -0.2) is 0 Å². The van der Waals surface area contributed by atoms with Crippen LogP contribution in [-0.2, 0) is 4.79 Å². The van der Waals surface area contributed by atoms with Gasteiger partial charge in [0.2, 0.25) is 5.91 Å². The number of rotatable bonds is 3. The number of aromatic nitrogens is 1. The van der Waals surface area contributed by atoms with E-state index in [0.29, 0.717) is 0 Å². The first-order valence-electron chi connectivity index (χ1n) is 8.51. The minimum atomic E-state index is -0.221. The van der Waals surface area contributed by atoms with Crippen molar-refractivity contribution in [3.63, 3.8) is 0 Å². The Morgan fingerprint density at radius 3 is 2.41 bits per heavy atom. The molecule has 3 heterocycles. The molecule has 5 heteroatoms. The molecule has 5 nitrogen and oxygen atoms in total. The fraction of sp³-hybridized carbons (Fsp3) is 0.647. The van der Waals surface area contributed by atoms with Crippen molar-refractivity contribution in [1.29, 1.82) is 0 Å².